The number of aryl methyl sites for hydroxylation is 1. The minimum absolute atomic E-state index is 0.0184. The molecule has 1 saturated heterocycles. The molecule has 0 aromatic carbocycles. The summed E-state index contributed by atoms with van der Waals surface area (Å²) in [6.07, 6.45) is 5.24. The van der Waals surface area contributed by atoms with E-state index in [4.69, 9.17) is 11.6 Å². The second-order valence-electron chi connectivity index (χ2n) is 6.61. The number of carbonyl (C=O) groups excluding carboxylic acids is 1. The highest BCUT2D eigenvalue weighted by Gasteiger charge is 2.32. The van der Waals surface area contributed by atoms with E-state index >= 15 is 0 Å². The fraction of sp³-hybridized carbons (Fsp3) is 0.733. The molecular formula is C15H24ClN3O. The van der Waals surface area contributed by atoms with Crippen molar-refractivity contribution < 1.29 is 4.79 Å². The summed E-state index contributed by atoms with van der Waals surface area (Å²) in [5.41, 5.74) is 1.63. The van der Waals surface area contributed by atoms with Gasteiger partial charge in [-0.2, -0.15) is 5.10 Å². The van der Waals surface area contributed by atoms with Gasteiger partial charge in [-0.15, -0.1) is 11.6 Å². The maximum atomic E-state index is 12.5. The highest BCUT2D eigenvalue weighted by Crippen LogP contribution is 2.33. The molecule has 5 heteroatoms. The molecule has 1 atom stereocenters. The number of piperidine rings is 1. The summed E-state index contributed by atoms with van der Waals surface area (Å²) in [6, 6.07) is 0. The summed E-state index contributed by atoms with van der Waals surface area (Å²) in [5.74, 6) is 0.0184. The number of aromatic nitrogens is 2. The molecule has 1 aliphatic rings. The Kier molecular flexibility index (Phi) is 4.43. The van der Waals surface area contributed by atoms with Crippen LogP contribution >= 0.6 is 11.6 Å². The summed E-state index contributed by atoms with van der Waals surface area (Å²) < 4.78 is 1.74. The van der Waals surface area contributed by atoms with E-state index in [0.29, 0.717) is 0 Å². The highest BCUT2D eigenvalue weighted by molar-refractivity contribution is 6.30. The third kappa shape index (κ3) is 3.17. The second kappa shape index (κ2) is 5.76. The molecule has 0 aliphatic carbocycles. The van der Waals surface area contributed by atoms with E-state index in [1.165, 1.54) is 6.42 Å². The van der Waals surface area contributed by atoms with Crippen molar-refractivity contribution in [1.29, 1.82) is 0 Å². The zero-order valence-corrected chi connectivity index (χ0v) is 13.6. The van der Waals surface area contributed by atoms with Gasteiger partial charge in [-0.25, -0.2) is 0 Å². The summed E-state index contributed by atoms with van der Waals surface area (Å²) in [5, 5.41) is 3.86. The van der Waals surface area contributed by atoms with Crippen molar-refractivity contribution >= 4 is 17.5 Å². The maximum Gasteiger partial charge on any atom is 0.245 e. The van der Waals surface area contributed by atoms with Crippen molar-refractivity contribution in [3.05, 3.63) is 17.5 Å². The lowest BCUT2D eigenvalue weighted by molar-refractivity contribution is -0.131. The Morgan fingerprint density at radius 2 is 1.90 bits per heavy atom. The minimum Gasteiger partial charge on any atom is -0.341 e. The van der Waals surface area contributed by atoms with Crippen molar-refractivity contribution in [1.82, 2.24) is 14.7 Å². The third-order valence-corrected chi connectivity index (χ3v) is 4.15. The lowest BCUT2D eigenvalue weighted by atomic mass is 9.88. The molecule has 1 aliphatic heterocycles. The molecule has 2 heterocycles. The standard InChI is InChI=1S/C15H24ClN3O/c1-15(2,3)13-11(10-18(4)17-13)12(16)14(20)19-8-6-5-7-9-19/h10,12H,5-9H2,1-4H3. The fourth-order valence-electron chi connectivity index (χ4n) is 2.68. The Bertz CT molecular complexity index is 484. The van der Waals surface area contributed by atoms with Gasteiger partial charge in [0, 0.05) is 37.3 Å². The van der Waals surface area contributed by atoms with Crippen LogP contribution in [0.25, 0.3) is 0 Å². The van der Waals surface area contributed by atoms with Crippen molar-refractivity contribution in [3.8, 4) is 0 Å². The van der Waals surface area contributed by atoms with Crippen molar-refractivity contribution in [2.45, 2.75) is 50.8 Å². The lowest BCUT2D eigenvalue weighted by Gasteiger charge is -2.29. The summed E-state index contributed by atoms with van der Waals surface area (Å²) in [7, 11) is 1.87. The first kappa shape index (κ1) is 15.4. The molecule has 0 bridgehead atoms. The van der Waals surface area contributed by atoms with Crippen LogP contribution in [0.4, 0.5) is 0 Å². The van der Waals surface area contributed by atoms with Gasteiger partial charge in [-0.1, -0.05) is 20.8 Å². The average molecular weight is 298 g/mol. The summed E-state index contributed by atoms with van der Waals surface area (Å²) in [6.45, 7) is 7.93. The molecule has 0 N–H and O–H groups in total. The largest absolute Gasteiger partial charge is 0.341 e. The molecule has 1 aromatic heterocycles. The zero-order valence-electron chi connectivity index (χ0n) is 12.8. The number of rotatable bonds is 2. The number of hydrogen-bond acceptors (Lipinski definition) is 2. The van der Waals surface area contributed by atoms with Crippen LogP contribution in [0.15, 0.2) is 6.20 Å². The topological polar surface area (TPSA) is 38.1 Å². The molecule has 1 fully saturated rings. The predicted molar refractivity (Wildman–Crippen MR) is 80.9 cm³/mol. The van der Waals surface area contributed by atoms with E-state index in [0.717, 1.165) is 37.2 Å². The number of halogens is 1. The average Bonchev–Trinajstić information content (AvgIpc) is 2.80. The quantitative estimate of drug-likeness (QED) is 0.787. The number of amides is 1. The van der Waals surface area contributed by atoms with Crippen molar-refractivity contribution in [3.63, 3.8) is 0 Å². The van der Waals surface area contributed by atoms with E-state index < -0.39 is 5.38 Å². The Morgan fingerprint density at radius 1 is 1.30 bits per heavy atom. The van der Waals surface area contributed by atoms with Gasteiger partial charge in [0.15, 0.2) is 0 Å². The van der Waals surface area contributed by atoms with Crippen LogP contribution in [0.2, 0.25) is 0 Å². The Balaban J connectivity index is 2.24. The van der Waals surface area contributed by atoms with Crippen LogP contribution in [0.5, 0.6) is 0 Å². The normalized spacial score (nSPS) is 18.1. The SMILES string of the molecule is Cn1cc(C(Cl)C(=O)N2CCCCC2)c(C(C)(C)C)n1. The van der Waals surface area contributed by atoms with Gasteiger partial charge in [0.2, 0.25) is 5.91 Å². The molecule has 0 spiro atoms. The van der Waals surface area contributed by atoms with Gasteiger partial charge >= 0.3 is 0 Å². The Hall–Kier alpha value is -1.03. The van der Waals surface area contributed by atoms with Crippen LogP contribution in [0.3, 0.4) is 0 Å². The van der Waals surface area contributed by atoms with E-state index in [1.807, 2.05) is 18.1 Å². The first-order valence-electron chi connectivity index (χ1n) is 7.27. The van der Waals surface area contributed by atoms with E-state index in [1.54, 1.807) is 4.68 Å². The lowest BCUT2D eigenvalue weighted by Crippen LogP contribution is -2.38. The molecule has 1 aromatic rings. The van der Waals surface area contributed by atoms with Crippen molar-refractivity contribution in [2.75, 3.05) is 13.1 Å². The second-order valence-corrected chi connectivity index (χ2v) is 7.04. The van der Waals surface area contributed by atoms with Gasteiger partial charge in [-0.05, 0) is 19.3 Å². The highest BCUT2D eigenvalue weighted by atomic mass is 35.5. The molecule has 20 heavy (non-hydrogen) atoms. The smallest absolute Gasteiger partial charge is 0.245 e. The Morgan fingerprint density at radius 3 is 2.45 bits per heavy atom. The first-order valence-corrected chi connectivity index (χ1v) is 7.71. The first-order chi connectivity index (χ1) is 9.30. The molecular weight excluding hydrogens is 274 g/mol. The molecule has 1 amide bonds. The fourth-order valence-corrected chi connectivity index (χ4v) is 2.98. The number of likely N-dealkylation sites (tertiary alicyclic amines) is 1. The third-order valence-electron chi connectivity index (χ3n) is 3.73. The predicted octanol–water partition coefficient (Wildman–Crippen LogP) is 3.01. The molecule has 0 radical (unpaired) electrons. The summed E-state index contributed by atoms with van der Waals surface area (Å²) in [4.78, 5) is 14.4. The van der Waals surface area contributed by atoms with Crippen LogP contribution < -0.4 is 0 Å². The van der Waals surface area contributed by atoms with Crippen LogP contribution in [-0.2, 0) is 17.3 Å². The van der Waals surface area contributed by atoms with Gasteiger partial charge in [0.1, 0.15) is 5.38 Å². The van der Waals surface area contributed by atoms with Crippen LogP contribution in [0.1, 0.15) is 56.7 Å². The van der Waals surface area contributed by atoms with Gasteiger partial charge in [-0.3, -0.25) is 9.48 Å². The zero-order chi connectivity index (χ0) is 14.9. The van der Waals surface area contributed by atoms with E-state index in [9.17, 15) is 4.79 Å². The minimum atomic E-state index is -0.629. The van der Waals surface area contributed by atoms with E-state index in [2.05, 4.69) is 25.9 Å². The summed E-state index contributed by atoms with van der Waals surface area (Å²) >= 11 is 6.47. The van der Waals surface area contributed by atoms with Crippen LogP contribution in [-0.4, -0.2) is 33.7 Å². The number of hydrogen-bond donors (Lipinski definition) is 0. The van der Waals surface area contributed by atoms with Gasteiger partial charge in [0.25, 0.3) is 0 Å². The molecule has 0 saturated carbocycles. The molecule has 1 unspecified atom stereocenters. The van der Waals surface area contributed by atoms with Crippen LogP contribution in [0, 0.1) is 0 Å². The molecule has 112 valence electrons. The number of alkyl halides is 1. The monoisotopic (exact) mass is 297 g/mol. The molecule has 2 rings (SSSR count). The maximum absolute atomic E-state index is 12.5. The van der Waals surface area contributed by atoms with Gasteiger partial charge < -0.3 is 4.90 Å². The number of nitrogens with zero attached hydrogens (tertiary/aromatic N) is 3. The van der Waals surface area contributed by atoms with Crippen molar-refractivity contribution in [2.24, 2.45) is 7.05 Å². The number of carbonyl (C=O) groups is 1. The Labute approximate surface area is 126 Å². The molecule has 4 nitrogen and oxygen atoms in total. The van der Waals surface area contributed by atoms with Gasteiger partial charge in [0.05, 0.1) is 5.69 Å². The van der Waals surface area contributed by atoms with E-state index in [-0.39, 0.29) is 11.3 Å².